The second kappa shape index (κ2) is 21.1. The van der Waals surface area contributed by atoms with Gasteiger partial charge >= 0.3 is 212 Å². The Balaban J connectivity index is 5.43. The molecule has 0 aromatic rings. The topological polar surface area (TPSA) is 52.6 Å². The van der Waals surface area contributed by atoms with Gasteiger partial charge in [0.2, 0.25) is 0 Å². The van der Waals surface area contributed by atoms with Crippen LogP contribution in [0.25, 0.3) is 0 Å². The summed E-state index contributed by atoms with van der Waals surface area (Å²) in [5.74, 6) is -0.284. The van der Waals surface area contributed by atoms with Crippen molar-refractivity contribution in [1.29, 1.82) is 0 Å². The van der Waals surface area contributed by atoms with E-state index in [4.69, 9.17) is 6.15 Å². The third kappa shape index (κ3) is 14.7. The quantitative estimate of drug-likeness (QED) is 0.0955. The fourth-order valence-corrected chi connectivity index (χ4v) is 14.5. The second-order valence-corrected chi connectivity index (χ2v) is 19.1. The minimum absolute atomic E-state index is 0.0593. The molecule has 4 nitrogen and oxygen atoms in total. The van der Waals surface area contributed by atoms with Crippen LogP contribution in [-0.2, 0) is 15.7 Å². The van der Waals surface area contributed by atoms with Crippen molar-refractivity contribution >= 4 is 31.1 Å². The van der Waals surface area contributed by atoms with E-state index in [1.807, 2.05) is 0 Å². The van der Waals surface area contributed by atoms with Crippen LogP contribution in [0.1, 0.15) is 144 Å². The first kappa shape index (κ1) is 32.7. The molecule has 0 rings (SSSR count). The fraction of sp³-hybridized carbons (Fsp3) is 0.929. The van der Waals surface area contributed by atoms with Crippen molar-refractivity contribution in [2.45, 2.75) is 153 Å². The molecule has 0 saturated carbocycles. The van der Waals surface area contributed by atoms with Gasteiger partial charge in [0.15, 0.2) is 0 Å². The first-order valence-electron chi connectivity index (χ1n) is 14.4. The van der Waals surface area contributed by atoms with Crippen LogP contribution in [0.2, 0.25) is 8.87 Å². The molecule has 0 radical (unpaired) electrons. The molecule has 0 aliphatic heterocycles. The van der Waals surface area contributed by atoms with Gasteiger partial charge < -0.3 is 0 Å². The van der Waals surface area contributed by atoms with Crippen molar-refractivity contribution in [2.24, 2.45) is 11.8 Å². The average Bonchev–Trinajstić information content (AvgIpc) is 2.81. The van der Waals surface area contributed by atoms with Gasteiger partial charge in [0.1, 0.15) is 0 Å². The molecule has 33 heavy (non-hydrogen) atoms. The number of hydrogen-bond donors (Lipinski definition) is 0. The number of carbonyl (C=O) groups excluding carboxylic acids is 2. The van der Waals surface area contributed by atoms with E-state index in [-0.39, 0.29) is 23.8 Å². The summed E-state index contributed by atoms with van der Waals surface area (Å²) in [5.41, 5.74) is 0. The first-order chi connectivity index (χ1) is 15.9. The van der Waals surface area contributed by atoms with E-state index in [0.717, 1.165) is 73.1 Å². The summed E-state index contributed by atoms with van der Waals surface area (Å²) < 4.78 is 14.4. The molecule has 0 N–H and O–H groups in total. The Hall–Kier alpha value is -0.261. The van der Waals surface area contributed by atoms with E-state index >= 15 is 0 Å². The zero-order chi connectivity index (χ0) is 25.0. The second-order valence-electron chi connectivity index (χ2n) is 9.87. The van der Waals surface area contributed by atoms with E-state index in [0.29, 0.717) is 0 Å². The van der Waals surface area contributed by atoms with Gasteiger partial charge in [0, 0.05) is 0 Å². The summed E-state index contributed by atoms with van der Waals surface area (Å²) in [6, 6.07) is 0. The summed E-state index contributed by atoms with van der Waals surface area (Å²) in [4.78, 5) is 26.6. The van der Waals surface area contributed by atoms with E-state index in [2.05, 4.69) is 41.5 Å². The van der Waals surface area contributed by atoms with E-state index in [1.54, 1.807) is 0 Å². The van der Waals surface area contributed by atoms with Gasteiger partial charge in [-0.1, -0.05) is 0 Å². The van der Waals surface area contributed by atoms with E-state index in [1.165, 1.54) is 38.5 Å². The standard InChI is InChI=1S/2C10H20O2.2C4H9.Sn/c2*1-3-5-6-7-8-9(4-2)10(11)12;2*1-3-4-2;/h2*9H,3-8H2,1-2H3,(H,11,12);2*1,3-4H2,2H3;/q;;;;+2/p-2. The summed E-state index contributed by atoms with van der Waals surface area (Å²) in [6.45, 7) is 12.9. The van der Waals surface area contributed by atoms with Gasteiger partial charge in [-0.15, -0.1) is 0 Å². The third-order valence-electron chi connectivity index (χ3n) is 6.86. The molecule has 0 amide bonds. The minimum atomic E-state index is -3.86. The summed E-state index contributed by atoms with van der Waals surface area (Å²) in [5, 5.41) is 0. The number of hydrogen-bond acceptors (Lipinski definition) is 4. The molecule has 0 bridgehead atoms. The Morgan fingerprint density at radius 3 is 1.21 bits per heavy atom. The Bertz CT molecular complexity index is 450. The van der Waals surface area contributed by atoms with Crippen LogP contribution in [0.15, 0.2) is 0 Å². The maximum atomic E-state index is 13.3. The molecule has 0 saturated heterocycles. The van der Waals surface area contributed by atoms with Gasteiger partial charge in [-0.2, -0.15) is 0 Å². The van der Waals surface area contributed by atoms with Crippen molar-refractivity contribution in [3.05, 3.63) is 0 Å². The van der Waals surface area contributed by atoms with Gasteiger partial charge in [-0.3, -0.25) is 0 Å². The van der Waals surface area contributed by atoms with Crippen LogP contribution in [0.4, 0.5) is 0 Å². The van der Waals surface area contributed by atoms with E-state index in [9.17, 15) is 9.59 Å². The van der Waals surface area contributed by atoms with Gasteiger partial charge in [0.05, 0.1) is 0 Å². The van der Waals surface area contributed by atoms with Crippen molar-refractivity contribution in [3.8, 4) is 0 Å². The van der Waals surface area contributed by atoms with Crippen LogP contribution >= 0.6 is 0 Å². The molecular weight excluding hydrogens is 519 g/mol. The molecule has 5 heteroatoms. The van der Waals surface area contributed by atoms with Gasteiger partial charge in [-0.05, 0) is 0 Å². The Labute approximate surface area is 211 Å². The number of unbranched alkanes of at least 4 members (excludes halogenated alkanes) is 8. The van der Waals surface area contributed by atoms with Crippen LogP contribution in [0.5, 0.6) is 0 Å². The van der Waals surface area contributed by atoms with Crippen LogP contribution in [-0.4, -0.2) is 31.1 Å². The molecule has 196 valence electrons. The van der Waals surface area contributed by atoms with Crippen LogP contribution < -0.4 is 0 Å². The van der Waals surface area contributed by atoms with Crippen LogP contribution in [0.3, 0.4) is 0 Å². The molecule has 2 atom stereocenters. The predicted octanol–water partition coefficient (Wildman–Crippen LogP) is 9.11. The zero-order valence-corrected chi connectivity index (χ0v) is 25.9. The molecule has 0 fully saturated rings. The Morgan fingerprint density at radius 1 is 0.545 bits per heavy atom. The number of carbonyl (C=O) groups is 2. The Morgan fingerprint density at radius 2 is 0.909 bits per heavy atom. The van der Waals surface area contributed by atoms with Crippen molar-refractivity contribution in [2.75, 3.05) is 0 Å². The summed E-state index contributed by atoms with van der Waals surface area (Å²) in [7, 11) is 0. The summed E-state index contributed by atoms with van der Waals surface area (Å²) in [6.07, 6.45) is 16.7. The third-order valence-corrected chi connectivity index (χ3v) is 16.5. The van der Waals surface area contributed by atoms with Crippen molar-refractivity contribution < 1.29 is 15.7 Å². The van der Waals surface area contributed by atoms with Gasteiger partial charge in [-0.25, -0.2) is 0 Å². The first-order valence-corrected chi connectivity index (χ1v) is 20.8. The van der Waals surface area contributed by atoms with Crippen LogP contribution in [0, 0.1) is 11.8 Å². The fourth-order valence-electron chi connectivity index (χ4n) is 4.39. The zero-order valence-electron chi connectivity index (χ0n) is 23.0. The summed E-state index contributed by atoms with van der Waals surface area (Å²) >= 11 is -3.86. The molecular formula is C28H56O4Sn. The molecule has 0 aromatic heterocycles. The van der Waals surface area contributed by atoms with E-state index < -0.39 is 19.2 Å². The Kier molecular flexibility index (Phi) is 20.9. The molecule has 0 spiro atoms. The monoisotopic (exact) mass is 576 g/mol. The van der Waals surface area contributed by atoms with Crippen molar-refractivity contribution in [3.63, 3.8) is 0 Å². The SMILES string of the molecule is CCCCCCC(CC)C(=O)[O][Sn]([CH2]CCC)([CH2]CCC)[O]C(=O)C(CC)CCCCCC. The number of rotatable bonds is 22. The normalized spacial score (nSPS) is 13.5. The predicted molar refractivity (Wildman–Crippen MR) is 142 cm³/mol. The van der Waals surface area contributed by atoms with Crippen molar-refractivity contribution in [1.82, 2.24) is 0 Å². The maximum absolute atomic E-state index is 13.3. The molecule has 2 unspecified atom stereocenters. The molecule has 0 aromatic carbocycles. The van der Waals surface area contributed by atoms with Gasteiger partial charge in [0.25, 0.3) is 0 Å². The average molecular weight is 575 g/mol. The molecule has 0 aliphatic rings. The molecule has 0 aliphatic carbocycles. The molecule has 0 heterocycles.